The summed E-state index contributed by atoms with van der Waals surface area (Å²) in [5.41, 5.74) is 7.33. The fourth-order valence-corrected chi connectivity index (χ4v) is 2.21. The Morgan fingerprint density at radius 1 is 1.11 bits per heavy atom. The summed E-state index contributed by atoms with van der Waals surface area (Å²) >= 11 is 0. The lowest BCUT2D eigenvalue weighted by atomic mass is 9.86. The van der Waals surface area contributed by atoms with E-state index in [9.17, 15) is 0 Å². The molecule has 96 valence electrons. The van der Waals surface area contributed by atoms with E-state index in [-0.39, 0.29) is 5.41 Å². The highest BCUT2D eigenvalue weighted by Gasteiger charge is 2.20. The molecule has 1 heterocycles. The van der Waals surface area contributed by atoms with Crippen LogP contribution in [-0.4, -0.2) is 4.98 Å². The Kier molecular flexibility index (Phi) is 3.03. The number of nitrogens with one attached hydrogen (secondary N) is 1. The summed E-state index contributed by atoms with van der Waals surface area (Å²) in [5.74, 6) is 6.38. The molecule has 1 aromatic carbocycles. The molecule has 0 atom stereocenters. The summed E-state index contributed by atoms with van der Waals surface area (Å²) in [5, 5.41) is 1.21. The molecule has 18 heavy (non-hydrogen) atoms. The van der Waals surface area contributed by atoms with Gasteiger partial charge in [-0.3, -0.25) is 0 Å². The van der Waals surface area contributed by atoms with Crippen molar-refractivity contribution >= 4 is 16.7 Å². The van der Waals surface area contributed by atoms with Gasteiger partial charge in [-0.1, -0.05) is 32.9 Å². The van der Waals surface area contributed by atoms with Gasteiger partial charge in [-0.2, -0.15) is 0 Å². The van der Waals surface area contributed by atoms with Crippen LogP contribution in [0.3, 0.4) is 0 Å². The fraction of sp³-hybridized carbons (Fsp3) is 0.400. The number of rotatable bonds is 1. The molecule has 0 saturated carbocycles. The third kappa shape index (κ3) is 2.06. The lowest BCUT2D eigenvalue weighted by molar-refractivity contribution is 0.590. The molecule has 0 aliphatic rings. The van der Waals surface area contributed by atoms with Gasteiger partial charge in [0.05, 0.1) is 5.52 Å². The third-order valence-electron chi connectivity index (χ3n) is 3.35. The van der Waals surface area contributed by atoms with Gasteiger partial charge in [-0.15, -0.1) is 0 Å². The van der Waals surface area contributed by atoms with Crippen LogP contribution in [0, 0.1) is 13.8 Å². The number of aryl methyl sites for hydroxylation is 2. The van der Waals surface area contributed by atoms with E-state index in [4.69, 9.17) is 5.84 Å². The minimum Gasteiger partial charge on any atom is -0.308 e. The molecular weight excluding hydrogens is 222 g/mol. The molecule has 0 bridgehead atoms. The van der Waals surface area contributed by atoms with Crippen molar-refractivity contribution in [3.8, 4) is 0 Å². The Morgan fingerprint density at radius 2 is 1.72 bits per heavy atom. The summed E-state index contributed by atoms with van der Waals surface area (Å²) in [6, 6.07) is 6.45. The first-order valence-electron chi connectivity index (χ1n) is 6.22. The molecule has 0 aliphatic carbocycles. The maximum Gasteiger partial charge on any atom is 0.144 e. The molecule has 2 aromatic rings. The molecule has 0 saturated heterocycles. The molecule has 0 amide bonds. The summed E-state index contributed by atoms with van der Waals surface area (Å²) < 4.78 is 0. The van der Waals surface area contributed by atoms with E-state index >= 15 is 0 Å². The Balaban J connectivity index is 2.86. The van der Waals surface area contributed by atoms with Gasteiger partial charge in [-0.05, 0) is 36.5 Å². The van der Waals surface area contributed by atoms with Gasteiger partial charge in [0.25, 0.3) is 0 Å². The number of anilines is 1. The summed E-state index contributed by atoms with van der Waals surface area (Å²) in [7, 11) is 0. The van der Waals surface area contributed by atoms with Gasteiger partial charge in [0.1, 0.15) is 5.82 Å². The Morgan fingerprint density at radius 3 is 2.28 bits per heavy atom. The zero-order valence-electron chi connectivity index (χ0n) is 11.8. The summed E-state index contributed by atoms with van der Waals surface area (Å²) in [4.78, 5) is 4.68. The monoisotopic (exact) mass is 243 g/mol. The molecule has 2 rings (SSSR count). The van der Waals surface area contributed by atoms with Gasteiger partial charge in [0, 0.05) is 10.9 Å². The summed E-state index contributed by atoms with van der Waals surface area (Å²) in [6.07, 6.45) is 0. The van der Waals surface area contributed by atoms with Crippen molar-refractivity contribution in [1.82, 2.24) is 4.98 Å². The van der Waals surface area contributed by atoms with Crippen molar-refractivity contribution in [1.29, 1.82) is 0 Å². The van der Waals surface area contributed by atoms with E-state index in [1.165, 1.54) is 16.5 Å². The Bertz CT molecular complexity index is 595. The number of nitrogens with zero attached hydrogens (tertiary/aromatic N) is 1. The van der Waals surface area contributed by atoms with E-state index in [2.05, 4.69) is 63.2 Å². The highest BCUT2D eigenvalue weighted by atomic mass is 15.3. The molecule has 3 heteroatoms. The molecule has 0 radical (unpaired) electrons. The number of hydrogen-bond donors (Lipinski definition) is 2. The second kappa shape index (κ2) is 4.25. The van der Waals surface area contributed by atoms with Crippen LogP contribution in [0.25, 0.3) is 10.9 Å². The molecule has 1 aromatic heterocycles. The van der Waals surface area contributed by atoms with Crippen LogP contribution in [0.15, 0.2) is 18.2 Å². The average Bonchev–Trinajstić information content (AvgIpc) is 2.31. The van der Waals surface area contributed by atoms with Gasteiger partial charge in [0.15, 0.2) is 0 Å². The number of fused-ring (bicyclic) bond motifs is 1. The van der Waals surface area contributed by atoms with Gasteiger partial charge < -0.3 is 5.43 Å². The smallest absolute Gasteiger partial charge is 0.144 e. The van der Waals surface area contributed by atoms with E-state index in [1.807, 2.05) is 0 Å². The quantitative estimate of drug-likeness (QED) is 0.596. The van der Waals surface area contributed by atoms with E-state index in [0.717, 1.165) is 16.9 Å². The standard InChI is InChI=1S/C15H21N3/c1-9-6-7-10(2)13-11(9)8-12(15(3,4)5)14(17-13)18-16/h6-8H,16H2,1-5H3,(H,17,18). The van der Waals surface area contributed by atoms with E-state index < -0.39 is 0 Å². The molecule has 0 unspecified atom stereocenters. The van der Waals surface area contributed by atoms with Crippen LogP contribution in [-0.2, 0) is 5.41 Å². The van der Waals surface area contributed by atoms with Crippen molar-refractivity contribution in [2.24, 2.45) is 5.84 Å². The van der Waals surface area contributed by atoms with E-state index in [1.54, 1.807) is 0 Å². The topological polar surface area (TPSA) is 50.9 Å². The van der Waals surface area contributed by atoms with Crippen molar-refractivity contribution in [2.75, 3.05) is 5.43 Å². The lowest BCUT2D eigenvalue weighted by Crippen LogP contribution is -2.19. The zero-order chi connectivity index (χ0) is 13.5. The number of hydrazine groups is 1. The van der Waals surface area contributed by atoms with E-state index in [0.29, 0.717) is 0 Å². The van der Waals surface area contributed by atoms with Crippen LogP contribution < -0.4 is 11.3 Å². The van der Waals surface area contributed by atoms with Gasteiger partial charge in [0.2, 0.25) is 0 Å². The molecular formula is C15H21N3. The number of pyridine rings is 1. The van der Waals surface area contributed by atoms with Crippen LogP contribution in [0.1, 0.15) is 37.5 Å². The van der Waals surface area contributed by atoms with Crippen molar-refractivity contribution in [3.63, 3.8) is 0 Å². The first-order valence-corrected chi connectivity index (χ1v) is 6.22. The number of nitrogen functional groups attached to an aromatic ring is 1. The fourth-order valence-electron chi connectivity index (χ4n) is 2.21. The SMILES string of the molecule is Cc1ccc(C)c2nc(NN)c(C(C)(C)C)cc12. The first-order chi connectivity index (χ1) is 8.34. The molecule has 3 nitrogen and oxygen atoms in total. The number of aromatic nitrogens is 1. The second-order valence-electron chi connectivity index (χ2n) is 5.87. The number of hydrogen-bond acceptors (Lipinski definition) is 3. The maximum atomic E-state index is 5.61. The van der Waals surface area contributed by atoms with Crippen molar-refractivity contribution in [3.05, 3.63) is 34.9 Å². The lowest BCUT2D eigenvalue weighted by Gasteiger charge is -2.23. The van der Waals surface area contributed by atoms with Gasteiger partial charge >= 0.3 is 0 Å². The second-order valence-corrected chi connectivity index (χ2v) is 5.87. The van der Waals surface area contributed by atoms with Crippen LogP contribution in [0.5, 0.6) is 0 Å². The zero-order valence-corrected chi connectivity index (χ0v) is 11.8. The molecule has 0 spiro atoms. The average molecular weight is 243 g/mol. The van der Waals surface area contributed by atoms with Crippen molar-refractivity contribution in [2.45, 2.75) is 40.0 Å². The molecule has 0 aliphatic heterocycles. The predicted octanol–water partition coefficient (Wildman–Crippen LogP) is 3.43. The largest absolute Gasteiger partial charge is 0.308 e. The minimum absolute atomic E-state index is 0.0130. The highest BCUT2D eigenvalue weighted by Crippen LogP contribution is 2.32. The third-order valence-corrected chi connectivity index (χ3v) is 3.35. The first kappa shape index (κ1) is 12.8. The highest BCUT2D eigenvalue weighted by molar-refractivity contribution is 5.87. The molecule has 0 fully saturated rings. The maximum absolute atomic E-state index is 5.61. The Labute approximate surface area is 108 Å². The normalized spacial score (nSPS) is 11.9. The number of benzene rings is 1. The van der Waals surface area contributed by atoms with Crippen LogP contribution in [0.2, 0.25) is 0 Å². The predicted molar refractivity (Wildman–Crippen MR) is 77.7 cm³/mol. The Hall–Kier alpha value is -1.61. The van der Waals surface area contributed by atoms with Crippen molar-refractivity contribution < 1.29 is 0 Å². The van der Waals surface area contributed by atoms with Crippen LogP contribution >= 0.6 is 0 Å². The summed E-state index contributed by atoms with van der Waals surface area (Å²) in [6.45, 7) is 10.7. The molecule has 3 N–H and O–H groups in total. The van der Waals surface area contributed by atoms with Crippen LogP contribution in [0.4, 0.5) is 5.82 Å². The van der Waals surface area contributed by atoms with Gasteiger partial charge in [-0.25, -0.2) is 10.8 Å². The number of nitrogens with two attached hydrogens (primary N) is 1. The minimum atomic E-state index is 0.0130.